The SMILES string of the molecule is CCCCCCCCCCCCCCCCCCC(C)OC(=O)N(CCCCCCCCCCCCCCCCCC)C1O[C@H](CO)[C@@H](O)[C@H](O)[C@H]1O. The van der Waals surface area contributed by atoms with Crippen LogP contribution in [-0.4, -0.2) is 81.3 Å². The molecule has 8 heteroatoms. The summed E-state index contributed by atoms with van der Waals surface area (Å²) in [6.07, 6.45) is 34.2. The van der Waals surface area contributed by atoms with Crippen molar-refractivity contribution in [2.75, 3.05) is 13.2 Å². The fourth-order valence-electron chi connectivity index (χ4n) is 7.77. The molecule has 0 aromatic heterocycles. The van der Waals surface area contributed by atoms with Crippen molar-refractivity contribution in [3.8, 4) is 0 Å². The molecule has 6 atom stereocenters. The standard InChI is InChI=1S/C45H89NO7/c1-4-6-8-10-12-14-16-18-20-22-24-26-28-30-32-34-36-39(3)52-45(51)46(44-43(50)42(49)41(48)40(38-47)53-44)37-35-33-31-29-27-25-23-21-19-17-15-13-11-9-7-5-2/h39-44,47-50H,4-38H2,1-3H3/t39?,40-,41-,42+,43-,44?/m1/s1. The Kier molecular flexibility index (Phi) is 33.5. The van der Waals surface area contributed by atoms with Crippen molar-refractivity contribution in [3.05, 3.63) is 0 Å². The third-order valence-corrected chi connectivity index (χ3v) is 11.4. The predicted molar refractivity (Wildman–Crippen MR) is 220 cm³/mol. The van der Waals surface area contributed by atoms with Crippen LogP contribution in [0.3, 0.4) is 0 Å². The molecule has 0 aromatic carbocycles. The van der Waals surface area contributed by atoms with Gasteiger partial charge < -0.3 is 29.9 Å². The number of amides is 1. The molecule has 1 rings (SSSR count). The normalized spacial score (nSPS) is 20.8. The predicted octanol–water partition coefficient (Wildman–Crippen LogP) is 11.5. The lowest BCUT2D eigenvalue weighted by Crippen LogP contribution is -2.64. The van der Waals surface area contributed by atoms with Crippen LogP contribution >= 0.6 is 0 Å². The van der Waals surface area contributed by atoms with Gasteiger partial charge in [0.15, 0.2) is 6.23 Å². The molecule has 0 bridgehead atoms. The highest BCUT2D eigenvalue weighted by atomic mass is 16.6. The monoisotopic (exact) mass is 756 g/mol. The number of aliphatic hydroxyl groups excluding tert-OH is 4. The van der Waals surface area contributed by atoms with Gasteiger partial charge in [0.25, 0.3) is 0 Å². The van der Waals surface area contributed by atoms with Crippen molar-refractivity contribution in [2.24, 2.45) is 0 Å². The molecule has 0 aromatic rings. The Morgan fingerprint density at radius 2 is 0.868 bits per heavy atom. The second-order valence-electron chi connectivity index (χ2n) is 16.5. The maximum absolute atomic E-state index is 13.5. The summed E-state index contributed by atoms with van der Waals surface area (Å²) in [6, 6.07) is 0. The molecule has 4 N–H and O–H groups in total. The maximum Gasteiger partial charge on any atom is 0.412 e. The average molecular weight is 756 g/mol. The molecule has 53 heavy (non-hydrogen) atoms. The van der Waals surface area contributed by atoms with E-state index in [2.05, 4.69) is 13.8 Å². The number of rotatable bonds is 37. The first-order chi connectivity index (χ1) is 25.9. The van der Waals surface area contributed by atoms with Gasteiger partial charge in [0.1, 0.15) is 30.5 Å². The highest BCUT2D eigenvalue weighted by Gasteiger charge is 2.47. The number of hydrogen-bond donors (Lipinski definition) is 4. The molecule has 1 saturated heterocycles. The Bertz CT molecular complexity index is 799. The molecule has 1 fully saturated rings. The summed E-state index contributed by atoms with van der Waals surface area (Å²) in [4.78, 5) is 14.8. The van der Waals surface area contributed by atoms with E-state index in [1.165, 1.54) is 172 Å². The topological polar surface area (TPSA) is 120 Å². The van der Waals surface area contributed by atoms with E-state index in [-0.39, 0.29) is 6.10 Å². The fourth-order valence-corrected chi connectivity index (χ4v) is 7.77. The van der Waals surface area contributed by atoms with Gasteiger partial charge in [0.05, 0.1) is 6.61 Å². The van der Waals surface area contributed by atoms with Gasteiger partial charge in [-0.1, -0.05) is 206 Å². The summed E-state index contributed by atoms with van der Waals surface area (Å²) in [5.74, 6) is 0. The molecule has 0 radical (unpaired) electrons. The molecule has 0 aliphatic carbocycles. The zero-order valence-corrected chi connectivity index (χ0v) is 35.2. The van der Waals surface area contributed by atoms with Gasteiger partial charge in [-0.15, -0.1) is 0 Å². The van der Waals surface area contributed by atoms with Crippen LogP contribution in [-0.2, 0) is 9.47 Å². The van der Waals surface area contributed by atoms with Gasteiger partial charge in [-0.25, -0.2) is 4.79 Å². The lowest BCUT2D eigenvalue weighted by molar-refractivity contribution is -0.259. The van der Waals surface area contributed by atoms with Crippen LogP contribution in [0.25, 0.3) is 0 Å². The van der Waals surface area contributed by atoms with Gasteiger partial charge in [-0.2, -0.15) is 0 Å². The van der Waals surface area contributed by atoms with E-state index in [1.54, 1.807) is 0 Å². The fraction of sp³-hybridized carbons (Fsp3) is 0.978. The van der Waals surface area contributed by atoms with Crippen LogP contribution in [0.5, 0.6) is 0 Å². The third-order valence-electron chi connectivity index (χ3n) is 11.4. The Hall–Kier alpha value is -0.930. The minimum atomic E-state index is -1.53. The van der Waals surface area contributed by atoms with E-state index in [1.807, 2.05) is 6.92 Å². The van der Waals surface area contributed by atoms with E-state index >= 15 is 0 Å². The summed E-state index contributed by atoms with van der Waals surface area (Å²) in [7, 11) is 0. The van der Waals surface area contributed by atoms with Crippen molar-refractivity contribution in [1.82, 2.24) is 4.90 Å². The molecular weight excluding hydrogens is 666 g/mol. The van der Waals surface area contributed by atoms with Crippen LogP contribution in [0.4, 0.5) is 4.79 Å². The Morgan fingerprint density at radius 3 is 1.23 bits per heavy atom. The van der Waals surface area contributed by atoms with Gasteiger partial charge in [-0.3, -0.25) is 4.90 Å². The van der Waals surface area contributed by atoms with Gasteiger partial charge in [0.2, 0.25) is 0 Å². The maximum atomic E-state index is 13.5. The molecule has 2 unspecified atom stereocenters. The summed E-state index contributed by atoms with van der Waals surface area (Å²) in [5, 5.41) is 41.3. The van der Waals surface area contributed by atoms with Crippen LogP contribution in [0.1, 0.15) is 233 Å². The van der Waals surface area contributed by atoms with Gasteiger partial charge >= 0.3 is 6.09 Å². The van der Waals surface area contributed by atoms with Crippen molar-refractivity contribution < 1.29 is 34.7 Å². The van der Waals surface area contributed by atoms with Crippen LogP contribution in [0.15, 0.2) is 0 Å². The highest BCUT2D eigenvalue weighted by Crippen LogP contribution is 2.26. The van der Waals surface area contributed by atoms with Crippen molar-refractivity contribution in [3.63, 3.8) is 0 Å². The molecule has 1 aliphatic rings. The second kappa shape index (κ2) is 35.5. The second-order valence-corrected chi connectivity index (χ2v) is 16.5. The van der Waals surface area contributed by atoms with E-state index in [4.69, 9.17) is 9.47 Å². The first-order valence-electron chi connectivity index (χ1n) is 23.1. The van der Waals surface area contributed by atoms with E-state index in [0.29, 0.717) is 6.54 Å². The molecule has 0 spiro atoms. The number of nitrogens with zero attached hydrogens (tertiary/aromatic N) is 1. The largest absolute Gasteiger partial charge is 0.446 e. The number of aliphatic hydroxyl groups is 4. The molecule has 316 valence electrons. The number of carbonyl (C=O) groups is 1. The lowest BCUT2D eigenvalue weighted by Gasteiger charge is -2.44. The molecule has 8 nitrogen and oxygen atoms in total. The third kappa shape index (κ3) is 25.8. The van der Waals surface area contributed by atoms with Crippen LogP contribution < -0.4 is 0 Å². The van der Waals surface area contributed by atoms with Crippen molar-refractivity contribution in [2.45, 2.75) is 269 Å². The van der Waals surface area contributed by atoms with E-state index < -0.39 is 43.3 Å². The molecular formula is C45H89NO7. The number of ether oxygens (including phenoxy) is 2. The number of hydrogen-bond acceptors (Lipinski definition) is 7. The minimum Gasteiger partial charge on any atom is -0.446 e. The lowest BCUT2D eigenvalue weighted by atomic mass is 9.97. The van der Waals surface area contributed by atoms with E-state index in [9.17, 15) is 25.2 Å². The van der Waals surface area contributed by atoms with Crippen molar-refractivity contribution >= 4 is 6.09 Å². The number of carbonyl (C=O) groups excluding carboxylic acids is 1. The zero-order chi connectivity index (χ0) is 38.8. The Morgan fingerprint density at radius 1 is 0.528 bits per heavy atom. The minimum absolute atomic E-state index is 0.285. The smallest absolute Gasteiger partial charge is 0.412 e. The summed E-state index contributed by atoms with van der Waals surface area (Å²) in [6.45, 7) is 6.23. The summed E-state index contributed by atoms with van der Waals surface area (Å²) >= 11 is 0. The summed E-state index contributed by atoms with van der Waals surface area (Å²) < 4.78 is 11.6. The van der Waals surface area contributed by atoms with Gasteiger partial charge in [0, 0.05) is 6.54 Å². The zero-order valence-electron chi connectivity index (χ0n) is 35.2. The quantitative estimate of drug-likeness (QED) is 0.0466. The number of unbranched alkanes of at least 4 members (excludes halogenated alkanes) is 30. The first-order valence-corrected chi connectivity index (χ1v) is 23.1. The van der Waals surface area contributed by atoms with Crippen LogP contribution in [0.2, 0.25) is 0 Å². The molecule has 1 aliphatic heterocycles. The highest BCUT2D eigenvalue weighted by molar-refractivity contribution is 5.68. The van der Waals surface area contributed by atoms with Crippen LogP contribution in [0, 0.1) is 0 Å². The van der Waals surface area contributed by atoms with Gasteiger partial charge in [-0.05, 0) is 26.2 Å². The Balaban J connectivity index is 2.29. The Labute approximate surface area is 327 Å². The van der Waals surface area contributed by atoms with E-state index in [0.717, 1.165) is 44.9 Å². The molecule has 1 amide bonds. The first kappa shape index (κ1) is 50.1. The molecule has 1 heterocycles. The average Bonchev–Trinajstić information content (AvgIpc) is 3.15. The summed E-state index contributed by atoms with van der Waals surface area (Å²) in [5.41, 5.74) is 0. The molecule has 0 saturated carbocycles. The van der Waals surface area contributed by atoms with Crippen molar-refractivity contribution in [1.29, 1.82) is 0 Å².